The molecule has 1 aromatic rings. The molecule has 0 spiro atoms. The number of hydrogen-bond acceptors (Lipinski definition) is 5. The van der Waals surface area contributed by atoms with Gasteiger partial charge in [0.25, 0.3) is 0 Å². The molecule has 1 saturated carbocycles. The molecule has 20 heavy (non-hydrogen) atoms. The number of methoxy groups -OCH3 is 3. The standard InChI is InChI=1S/C15H24N2O3/c1-18-13-6-10(7-14(19-2)15(13)20-3)9-17-12-5-4-11(16)8-12/h6-7,11-12,17H,4-5,8-9,16H2,1-3H3. The van der Waals surface area contributed by atoms with Crippen molar-refractivity contribution >= 4 is 0 Å². The van der Waals surface area contributed by atoms with Crippen molar-refractivity contribution in [2.45, 2.75) is 37.9 Å². The molecule has 112 valence electrons. The van der Waals surface area contributed by atoms with Crippen molar-refractivity contribution in [1.29, 1.82) is 0 Å². The van der Waals surface area contributed by atoms with Crippen molar-refractivity contribution < 1.29 is 14.2 Å². The molecule has 2 rings (SSSR count). The van der Waals surface area contributed by atoms with Crippen LogP contribution >= 0.6 is 0 Å². The third-order valence-corrected chi connectivity index (χ3v) is 3.79. The van der Waals surface area contributed by atoms with Gasteiger partial charge in [-0.3, -0.25) is 0 Å². The van der Waals surface area contributed by atoms with Gasteiger partial charge in [-0.15, -0.1) is 0 Å². The van der Waals surface area contributed by atoms with E-state index in [-0.39, 0.29) is 0 Å². The van der Waals surface area contributed by atoms with Gasteiger partial charge in [-0.1, -0.05) is 0 Å². The molecule has 3 N–H and O–H groups in total. The minimum atomic E-state index is 0.340. The second kappa shape index (κ2) is 6.81. The van der Waals surface area contributed by atoms with E-state index in [1.165, 1.54) is 0 Å². The Morgan fingerprint density at radius 1 is 1.10 bits per heavy atom. The van der Waals surface area contributed by atoms with Gasteiger partial charge in [-0.05, 0) is 37.0 Å². The topological polar surface area (TPSA) is 65.7 Å². The summed E-state index contributed by atoms with van der Waals surface area (Å²) in [7, 11) is 4.87. The minimum Gasteiger partial charge on any atom is -0.493 e. The number of nitrogens with one attached hydrogen (secondary N) is 1. The highest BCUT2D eigenvalue weighted by molar-refractivity contribution is 5.53. The van der Waals surface area contributed by atoms with E-state index in [1.807, 2.05) is 12.1 Å². The van der Waals surface area contributed by atoms with Crippen molar-refractivity contribution in [3.05, 3.63) is 17.7 Å². The Kier molecular flexibility index (Phi) is 5.09. The molecule has 0 radical (unpaired) electrons. The van der Waals surface area contributed by atoms with Crippen LogP contribution in [0.25, 0.3) is 0 Å². The smallest absolute Gasteiger partial charge is 0.203 e. The number of rotatable bonds is 6. The van der Waals surface area contributed by atoms with Gasteiger partial charge in [0.2, 0.25) is 5.75 Å². The molecule has 0 amide bonds. The molecule has 0 bridgehead atoms. The van der Waals surface area contributed by atoms with Crippen LogP contribution in [0.1, 0.15) is 24.8 Å². The van der Waals surface area contributed by atoms with Crippen LogP contribution < -0.4 is 25.3 Å². The minimum absolute atomic E-state index is 0.340. The lowest BCUT2D eigenvalue weighted by molar-refractivity contribution is 0.323. The molecule has 2 unspecified atom stereocenters. The van der Waals surface area contributed by atoms with Crippen LogP contribution in [0.3, 0.4) is 0 Å². The predicted molar refractivity (Wildman–Crippen MR) is 78.6 cm³/mol. The summed E-state index contributed by atoms with van der Waals surface area (Å²) >= 11 is 0. The fourth-order valence-electron chi connectivity index (χ4n) is 2.70. The van der Waals surface area contributed by atoms with Crippen molar-refractivity contribution in [2.75, 3.05) is 21.3 Å². The Morgan fingerprint density at radius 2 is 1.75 bits per heavy atom. The molecule has 0 heterocycles. The summed E-state index contributed by atoms with van der Waals surface area (Å²) in [6.07, 6.45) is 3.29. The summed E-state index contributed by atoms with van der Waals surface area (Å²) < 4.78 is 16.0. The first-order chi connectivity index (χ1) is 9.67. The summed E-state index contributed by atoms with van der Waals surface area (Å²) in [5.74, 6) is 2.00. The van der Waals surface area contributed by atoms with Gasteiger partial charge in [-0.2, -0.15) is 0 Å². The zero-order valence-corrected chi connectivity index (χ0v) is 12.4. The van der Waals surface area contributed by atoms with E-state index >= 15 is 0 Å². The molecule has 2 atom stereocenters. The highest BCUT2D eigenvalue weighted by atomic mass is 16.5. The molecule has 1 fully saturated rings. The molecule has 0 saturated heterocycles. The number of hydrogen-bond donors (Lipinski definition) is 2. The maximum absolute atomic E-state index is 5.93. The average molecular weight is 280 g/mol. The molecule has 5 nitrogen and oxygen atoms in total. The van der Waals surface area contributed by atoms with Crippen LogP contribution in [-0.2, 0) is 6.54 Å². The van der Waals surface area contributed by atoms with Crippen LogP contribution in [0, 0.1) is 0 Å². The highest BCUT2D eigenvalue weighted by Gasteiger charge is 2.21. The Balaban J connectivity index is 2.07. The van der Waals surface area contributed by atoms with Crippen LogP contribution in [0.2, 0.25) is 0 Å². The third kappa shape index (κ3) is 3.35. The first-order valence-corrected chi connectivity index (χ1v) is 6.95. The van der Waals surface area contributed by atoms with Gasteiger partial charge >= 0.3 is 0 Å². The quantitative estimate of drug-likeness (QED) is 0.830. The Morgan fingerprint density at radius 3 is 2.20 bits per heavy atom. The van der Waals surface area contributed by atoms with Gasteiger partial charge in [0, 0.05) is 18.6 Å². The van der Waals surface area contributed by atoms with Crippen molar-refractivity contribution in [3.63, 3.8) is 0 Å². The lowest BCUT2D eigenvalue weighted by Crippen LogP contribution is -2.28. The fraction of sp³-hybridized carbons (Fsp3) is 0.600. The van der Waals surface area contributed by atoms with Crippen LogP contribution in [0.4, 0.5) is 0 Å². The van der Waals surface area contributed by atoms with Gasteiger partial charge in [0.05, 0.1) is 21.3 Å². The Bertz CT molecular complexity index is 426. The molecule has 0 aliphatic heterocycles. The van der Waals surface area contributed by atoms with E-state index < -0.39 is 0 Å². The first-order valence-electron chi connectivity index (χ1n) is 6.95. The summed E-state index contributed by atoms with van der Waals surface area (Å²) in [6, 6.07) is 4.79. The van der Waals surface area contributed by atoms with Crippen LogP contribution in [0.5, 0.6) is 17.2 Å². The lowest BCUT2D eigenvalue weighted by Gasteiger charge is -2.16. The van der Waals surface area contributed by atoms with E-state index in [4.69, 9.17) is 19.9 Å². The van der Waals surface area contributed by atoms with E-state index in [2.05, 4.69) is 5.32 Å². The lowest BCUT2D eigenvalue weighted by atomic mass is 10.1. The fourth-order valence-corrected chi connectivity index (χ4v) is 2.70. The summed E-state index contributed by atoms with van der Waals surface area (Å²) in [4.78, 5) is 0. The molecular formula is C15H24N2O3. The summed E-state index contributed by atoms with van der Waals surface area (Å²) in [6.45, 7) is 0.772. The third-order valence-electron chi connectivity index (χ3n) is 3.79. The number of ether oxygens (including phenoxy) is 3. The predicted octanol–water partition coefficient (Wildman–Crippen LogP) is 1.68. The Labute approximate surface area is 120 Å². The molecule has 1 aliphatic carbocycles. The van der Waals surface area contributed by atoms with Crippen LogP contribution in [0.15, 0.2) is 12.1 Å². The van der Waals surface area contributed by atoms with E-state index in [1.54, 1.807) is 21.3 Å². The van der Waals surface area contributed by atoms with E-state index in [0.29, 0.717) is 29.3 Å². The Hall–Kier alpha value is -1.46. The maximum Gasteiger partial charge on any atom is 0.203 e. The van der Waals surface area contributed by atoms with E-state index in [0.717, 1.165) is 31.4 Å². The second-order valence-electron chi connectivity index (χ2n) is 5.18. The van der Waals surface area contributed by atoms with Crippen molar-refractivity contribution in [3.8, 4) is 17.2 Å². The van der Waals surface area contributed by atoms with Gasteiger partial charge in [0.15, 0.2) is 11.5 Å². The van der Waals surface area contributed by atoms with Gasteiger partial charge in [0.1, 0.15) is 0 Å². The number of nitrogens with two attached hydrogens (primary N) is 1. The SMILES string of the molecule is COc1cc(CNC2CCC(N)C2)cc(OC)c1OC. The van der Waals surface area contributed by atoms with Crippen LogP contribution in [-0.4, -0.2) is 33.4 Å². The van der Waals surface area contributed by atoms with Crippen molar-refractivity contribution in [2.24, 2.45) is 5.73 Å². The highest BCUT2D eigenvalue weighted by Crippen LogP contribution is 2.38. The first kappa shape index (κ1) is 14.9. The van der Waals surface area contributed by atoms with Crippen molar-refractivity contribution in [1.82, 2.24) is 5.32 Å². The largest absolute Gasteiger partial charge is 0.493 e. The molecule has 1 aromatic carbocycles. The maximum atomic E-state index is 5.93. The molecule has 1 aliphatic rings. The van der Waals surface area contributed by atoms with E-state index in [9.17, 15) is 0 Å². The second-order valence-corrected chi connectivity index (χ2v) is 5.18. The monoisotopic (exact) mass is 280 g/mol. The zero-order valence-electron chi connectivity index (χ0n) is 12.4. The number of benzene rings is 1. The van der Waals surface area contributed by atoms with Gasteiger partial charge < -0.3 is 25.3 Å². The molecule has 0 aromatic heterocycles. The van der Waals surface area contributed by atoms with Gasteiger partial charge in [-0.25, -0.2) is 0 Å². The summed E-state index contributed by atoms with van der Waals surface area (Å²) in [5, 5.41) is 3.54. The normalized spacial score (nSPS) is 21.8. The zero-order chi connectivity index (χ0) is 14.5. The molecule has 5 heteroatoms. The average Bonchev–Trinajstić information content (AvgIpc) is 2.89. The molecular weight excluding hydrogens is 256 g/mol. The summed E-state index contributed by atoms with van der Waals surface area (Å²) in [5.41, 5.74) is 7.04.